The molecule has 2 aromatic carbocycles. The van der Waals surface area contributed by atoms with Crippen molar-refractivity contribution < 1.29 is 37.8 Å². The maximum atomic E-state index is 13.2. The Kier molecular flexibility index (Phi) is 7.08. The van der Waals surface area contributed by atoms with Crippen molar-refractivity contribution in [3.8, 4) is 11.5 Å². The van der Waals surface area contributed by atoms with Crippen LogP contribution in [0.2, 0.25) is 0 Å². The van der Waals surface area contributed by atoms with Gasteiger partial charge in [-0.3, -0.25) is 14.9 Å². The molecule has 11 heteroatoms. The molecule has 0 saturated carbocycles. The van der Waals surface area contributed by atoms with Crippen LogP contribution in [0.4, 0.5) is 14.9 Å². The second-order valence-corrected chi connectivity index (χ2v) is 7.50. The highest BCUT2D eigenvalue weighted by molar-refractivity contribution is 14.1. The van der Waals surface area contributed by atoms with Crippen molar-refractivity contribution in [2.75, 3.05) is 25.7 Å². The molecule has 0 spiro atoms. The van der Waals surface area contributed by atoms with Crippen LogP contribution in [0.25, 0.3) is 6.08 Å². The SMILES string of the molecule is COC(=O)COc1c(I)cc(/C=C2\C(=O)NC(=O)N(c3ccc(F)cc3)C2=O)cc1OC. The molecular weight excluding hydrogens is 538 g/mol. The van der Waals surface area contributed by atoms with Crippen molar-refractivity contribution in [1.29, 1.82) is 0 Å². The number of nitrogens with one attached hydrogen (secondary N) is 1. The number of hydrogen-bond acceptors (Lipinski definition) is 7. The molecule has 2 aromatic rings. The highest BCUT2D eigenvalue weighted by atomic mass is 127. The summed E-state index contributed by atoms with van der Waals surface area (Å²) in [6.45, 7) is -0.334. The smallest absolute Gasteiger partial charge is 0.343 e. The maximum absolute atomic E-state index is 13.2. The van der Waals surface area contributed by atoms with Crippen molar-refractivity contribution in [1.82, 2.24) is 5.32 Å². The average molecular weight is 554 g/mol. The summed E-state index contributed by atoms with van der Waals surface area (Å²) in [5.41, 5.74) is 0.199. The average Bonchev–Trinajstić information content (AvgIpc) is 2.76. The Hall–Kier alpha value is -3.48. The van der Waals surface area contributed by atoms with Crippen LogP contribution in [0, 0.1) is 9.39 Å². The number of ether oxygens (including phenoxy) is 3. The number of anilines is 1. The zero-order valence-electron chi connectivity index (χ0n) is 16.8. The van der Waals surface area contributed by atoms with Gasteiger partial charge < -0.3 is 14.2 Å². The molecule has 1 N–H and O–H groups in total. The summed E-state index contributed by atoms with van der Waals surface area (Å²) in [6.07, 6.45) is 1.29. The Balaban J connectivity index is 1.96. The van der Waals surface area contributed by atoms with Crippen molar-refractivity contribution in [3.63, 3.8) is 0 Å². The van der Waals surface area contributed by atoms with Crippen LogP contribution in [-0.2, 0) is 19.1 Å². The molecule has 1 fully saturated rings. The van der Waals surface area contributed by atoms with Crippen LogP contribution in [0.3, 0.4) is 0 Å². The van der Waals surface area contributed by atoms with E-state index in [0.717, 1.165) is 17.0 Å². The molecule has 0 aromatic heterocycles. The zero-order chi connectivity index (χ0) is 23.4. The molecule has 9 nitrogen and oxygen atoms in total. The topological polar surface area (TPSA) is 111 Å². The number of imide groups is 2. The monoisotopic (exact) mass is 554 g/mol. The number of halogens is 2. The van der Waals surface area contributed by atoms with E-state index in [2.05, 4.69) is 10.1 Å². The van der Waals surface area contributed by atoms with Gasteiger partial charge in [0.1, 0.15) is 11.4 Å². The predicted molar refractivity (Wildman–Crippen MR) is 119 cm³/mol. The fourth-order valence-electron chi connectivity index (χ4n) is 2.80. The first kappa shape index (κ1) is 23.2. The van der Waals surface area contributed by atoms with Gasteiger partial charge in [0.25, 0.3) is 11.8 Å². The molecule has 1 aliphatic rings. The first-order valence-corrected chi connectivity index (χ1v) is 10.1. The van der Waals surface area contributed by atoms with Crippen molar-refractivity contribution in [2.45, 2.75) is 0 Å². The molecule has 4 amide bonds. The van der Waals surface area contributed by atoms with Gasteiger partial charge in [-0.15, -0.1) is 0 Å². The molecule has 0 atom stereocenters. The lowest BCUT2D eigenvalue weighted by atomic mass is 10.1. The second kappa shape index (κ2) is 9.77. The molecule has 0 radical (unpaired) electrons. The van der Waals surface area contributed by atoms with Crippen molar-refractivity contribution in [2.24, 2.45) is 0 Å². The number of carbonyl (C=O) groups is 4. The van der Waals surface area contributed by atoms with Crippen LogP contribution in [0.5, 0.6) is 11.5 Å². The number of rotatable bonds is 6. The molecular formula is C21H16FIN2O7. The Morgan fingerprint density at radius 1 is 1.16 bits per heavy atom. The summed E-state index contributed by atoms with van der Waals surface area (Å²) < 4.78 is 29.0. The number of nitrogens with zero attached hydrogens (tertiary/aromatic N) is 1. The number of amides is 4. The number of carbonyl (C=O) groups excluding carboxylic acids is 4. The summed E-state index contributed by atoms with van der Waals surface area (Å²) in [7, 11) is 2.62. The minimum absolute atomic E-state index is 0.103. The van der Waals surface area contributed by atoms with Crippen LogP contribution >= 0.6 is 22.6 Å². The molecule has 1 aliphatic heterocycles. The quantitative estimate of drug-likeness (QED) is 0.253. The summed E-state index contributed by atoms with van der Waals surface area (Å²) in [5, 5.41) is 2.09. The molecule has 1 heterocycles. The van der Waals surface area contributed by atoms with Gasteiger partial charge in [0.15, 0.2) is 18.1 Å². The first-order valence-electron chi connectivity index (χ1n) is 8.99. The summed E-state index contributed by atoms with van der Waals surface area (Å²) in [4.78, 5) is 49.6. The molecule has 32 heavy (non-hydrogen) atoms. The van der Waals surface area contributed by atoms with Gasteiger partial charge >= 0.3 is 12.0 Å². The Bertz CT molecular complexity index is 1130. The van der Waals surface area contributed by atoms with Gasteiger partial charge in [0, 0.05) is 0 Å². The number of benzene rings is 2. The van der Waals surface area contributed by atoms with Gasteiger partial charge in [-0.1, -0.05) is 0 Å². The third-order valence-electron chi connectivity index (χ3n) is 4.31. The van der Waals surface area contributed by atoms with Crippen molar-refractivity contribution >= 4 is 58.2 Å². The van der Waals surface area contributed by atoms with E-state index in [0.29, 0.717) is 9.13 Å². The van der Waals surface area contributed by atoms with E-state index in [9.17, 15) is 23.6 Å². The standard InChI is InChI=1S/C21H16FIN2O7/c1-30-16-9-11(8-15(23)18(16)32-10-17(26)31-2)7-14-19(27)24-21(29)25(20(14)28)13-5-3-12(22)4-6-13/h3-9H,10H2,1-2H3,(H,24,27,29)/b14-7+. The Labute approximate surface area is 195 Å². The summed E-state index contributed by atoms with van der Waals surface area (Å²) >= 11 is 1.95. The Morgan fingerprint density at radius 2 is 1.84 bits per heavy atom. The second-order valence-electron chi connectivity index (χ2n) is 6.33. The molecule has 3 rings (SSSR count). The van der Waals surface area contributed by atoms with Gasteiger partial charge in [0.05, 0.1) is 23.5 Å². The number of barbiturate groups is 1. The number of methoxy groups -OCH3 is 2. The molecule has 166 valence electrons. The molecule has 1 saturated heterocycles. The maximum Gasteiger partial charge on any atom is 0.343 e. The molecule has 0 unspecified atom stereocenters. The lowest BCUT2D eigenvalue weighted by Gasteiger charge is -2.26. The molecule has 0 aliphatic carbocycles. The van der Waals surface area contributed by atoms with E-state index >= 15 is 0 Å². The van der Waals surface area contributed by atoms with E-state index < -0.39 is 29.6 Å². The fraction of sp³-hybridized carbons (Fsp3) is 0.143. The van der Waals surface area contributed by atoms with Crippen LogP contribution in [0.1, 0.15) is 5.56 Å². The van der Waals surface area contributed by atoms with Crippen molar-refractivity contribution in [3.05, 3.63) is 56.9 Å². The van der Waals surface area contributed by atoms with Gasteiger partial charge in [0.2, 0.25) is 0 Å². The number of hydrogen-bond donors (Lipinski definition) is 1. The van der Waals surface area contributed by atoms with Crippen LogP contribution < -0.4 is 19.7 Å². The van der Waals surface area contributed by atoms with E-state index in [1.165, 1.54) is 38.5 Å². The van der Waals surface area contributed by atoms with Crippen LogP contribution in [0.15, 0.2) is 42.0 Å². The van der Waals surface area contributed by atoms with E-state index in [-0.39, 0.29) is 29.4 Å². The summed E-state index contributed by atoms with van der Waals surface area (Å²) in [6, 6.07) is 6.84. The third kappa shape index (κ3) is 4.88. The minimum Gasteiger partial charge on any atom is -0.493 e. The summed E-state index contributed by atoms with van der Waals surface area (Å²) in [5.74, 6) is -2.33. The van der Waals surface area contributed by atoms with Gasteiger partial charge in [-0.25, -0.2) is 18.9 Å². The highest BCUT2D eigenvalue weighted by Crippen LogP contribution is 2.35. The van der Waals surface area contributed by atoms with E-state index in [4.69, 9.17) is 9.47 Å². The number of urea groups is 1. The number of esters is 1. The third-order valence-corrected chi connectivity index (χ3v) is 5.11. The lowest BCUT2D eigenvalue weighted by molar-refractivity contribution is -0.143. The Morgan fingerprint density at radius 3 is 2.47 bits per heavy atom. The minimum atomic E-state index is -0.942. The van der Waals surface area contributed by atoms with E-state index in [1.807, 2.05) is 22.6 Å². The van der Waals surface area contributed by atoms with Crippen LogP contribution in [-0.4, -0.2) is 44.6 Å². The highest BCUT2D eigenvalue weighted by Gasteiger charge is 2.36. The zero-order valence-corrected chi connectivity index (χ0v) is 19.0. The fourth-order valence-corrected chi connectivity index (χ4v) is 3.58. The normalized spacial score (nSPS) is 14.9. The van der Waals surface area contributed by atoms with Gasteiger partial charge in [-0.05, 0) is 70.6 Å². The largest absolute Gasteiger partial charge is 0.493 e. The first-order chi connectivity index (χ1) is 15.2. The molecule has 0 bridgehead atoms. The van der Waals surface area contributed by atoms with E-state index in [1.54, 1.807) is 6.07 Å². The predicted octanol–water partition coefficient (Wildman–Crippen LogP) is 2.66. The lowest BCUT2D eigenvalue weighted by Crippen LogP contribution is -2.54. The van der Waals surface area contributed by atoms with Gasteiger partial charge in [-0.2, -0.15) is 0 Å².